The first-order valence-corrected chi connectivity index (χ1v) is 8.48. The van der Waals surface area contributed by atoms with Gasteiger partial charge in [-0.25, -0.2) is 0 Å². The predicted octanol–water partition coefficient (Wildman–Crippen LogP) is 1.86. The Bertz CT molecular complexity index is 179. The molecular weight excluding hydrogens is 236 g/mol. The Balaban J connectivity index is 2.13. The summed E-state index contributed by atoms with van der Waals surface area (Å²) in [6.07, 6.45) is 2.64. The summed E-state index contributed by atoms with van der Waals surface area (Å²) < 4.78 is 22.4. The summed E-state index contributed by atoms with van der Waals surface area (Å²) in [6.45, 7) is 9.51. The molecule has 1 saturated heterocycles. The van der Waals surface area contributed by atoms with Crippen molar-refractivity contribution in [1.82, 2.24) is 0 Å². The first kappa shape index (κ1) is 15.1. The number of ether oxygens (including phenoxy) is 2. The molecule has 0 aromatic rings. The third kappa shape index (κ3) is 7.89. The fraction of sp³-hybridized carbons (Fsp3) is 1.00. The van der Waals surface area contributed by atoms with Crippen molar-refractivity contribution >= 4 is 9.28 Å². The molecule has 0 aliphatic carbocycles. The van der Waals surface area contributed by atoms with Crippen LogP contribution in [0.15, 0.2) is 0 Å². The maximum absolute atomic E-state index is 5.79. The SMILES string of the molecule is CCCO[SiH](CC(C)OCC1CO1)OCCC. The van der Waals surface area contributed by atoms with E-state index in [-0.39, 0.29) is 6.10 Å². The van der Waals surface area contributed by atoms with E-state index >= 15 is 0 Å². The summed E-state index contributed by atoms with van der Waals surface area (Å²) in [4.78, 5) is 0. The van der Waals surface area contributed by atoms with Crippen LogP contribution in [-0.2, 0) is 18.3 Å². The zero-order valence-corrected chi connectivity index (χ0v) is 12.5. The lowest BCUT2D eigenvalue weighted by Gasteiger charge is -2.20. The van der Waals surface area contributed by atoms with Crippen molar-refractivity contribution in [2.45, 2.75) is 51.9 Å². The van der Waals surface area contributed by atoms with Gasteiger partial charge < -0.3 is 18.3 Å². The topological polar surface area (TPSA) is 40.2 Å². The highest BCUT2D eigenvalue weighted by Crippen LogP contribution is 2.13. The maximum Gasteiger partial charge on any atom is 0.324 e. The Kier molecular flexibility index (Phi) is 8.05. The number of epoxide rings is 1. The molecular formula is C12H26O4Si. The molecule has 0 radical (unpaired) electrons. The molecule has 1 aliphatic rings. The lowest BCUT2D eigenvalue weighted by Crippen LogP contribution is -2.29. The van der Waals surface area contributed by atoms with Crippen molar-refractivity contribution in [3.63, 3.8) is 0 Å². The lowest BCUT2D eigenvalue weighted by molar-refractivity contribution is 0.0581. The minimum absolute atomic E-state index is 0.213. The first-order valence-electron chi connectivity index (χ1n) is 6.72. The van der Waals surface area contributed by atoms with Crippen LogP contribution in [0.5, 0.6) is 0 Å². The van der Waals surface area contributed by atoms with Gasteiger partial charge in [-0.05, 0) is 19.8 Å². The van der Waals surface area contributed by atoms with E-state index in [1.165, 1.54) is 0 Å². The summed E-state index contributed by atoms with van der Waals surface area (Å²) in [7, 11) is -1.54. The van der Waals surface area contributed by atoms with Gasteiger partial charge in [-0.3, -0.25) is 0 Å². The van der Waals surface area contributed by atoms with Crippen LogP contribution in [0.1, 0.15) is 33.6 Å². The Morgan fingerprint density at radius 1 is 1.24 bits per heavy atom. The number of hydrogen-bond acceptors (Lipinski definition) is 4. The largest absolute Gasteiger partial charge is 0.396 e. The van der Waals surface area contributed by atoms with Crippen molar-refractivity contribution in [3.8, 4) is 0 Å². The van der Waals surface area contributed by atoms with Crippen LogP contribution in [0.25, 0.3) is 0 Å². The second-order valence-electron chi connectivity index (χ2n) is 4.51. The van der Waals surface area contributed by atoms with Crippen LogP contribution in [0.3, 0.4) is 0 Å². The standard InChI is InChI=1S/C12H26O4Si/c1-4-6-15-17(16-7-5-2)10-11(3)13-8-12-9-14-12/h11-12,17H,4-10H2,1-3H3. The zero-order chi connectivity index (χ0) is 12.5. The fourth-order valence-electron chi connectivity index (χ4n) is 1.46. The average molecular weight is 262 g/mol. The third-order valence-corrected chi connectivity index (χ3v) is 4.77. The summed E-state index contributed by atoms with van der Waals surface area (Å²) in [6, 6.07) is 0.923. The molecule has 0 saturated carbocycles. The second kappa shape index (κ2) is 9.05. The van der Waals surface area contributed by atoms with Gasteiger partial charge in [0, 0.05) is 19.3 Å². The minimum atomic E-state index is -1.54. The second-order valence-corrected chi connectivity index (χ2v) is 6.50. The molecule has 0 aromatic heterocycles. The summed E-state index contributed by atoms with van der Waals surface area (Å²) in [5.41, 5.74) is 0. The molecule has 0 N–H and O–H groups in total. The predicted molar refractivity (Wildman–Crippen MR) is 69.6 cm³/mol. The van der Waals surface area contributed by atoms with Gasteiger partial charge in [0.2, 0.25) is 0 Å². The van der Waals surface area contributed by atoms with Gasteiger partial charge >= 0.3 is 9.28 Å². The molecule has 1 fully saturated rings. The molecule has 1 heterocycles. The van der Waals surface area contributed by atoms with Crippen LogP contribution in [0.2, 0.25) is 6.04 Å². The molecule has 1 rings (SSSR count). The van der Waals surface area contributed by atoms with Gasteiger partial charge in [-0.2, -0.15) is 0 Å². The van der Waals surface area contributed by atoms with E-state index in [1.807, 2.05) is 0 Å². The number of hydrogen-bond donors (Lipinski definition) is 0. The first-order chi connectivity index (χ1) is 8.26. The van der Waals surface area contributed by atoms with Crippen molar-refractivity contribution in [2.75, 3.05) is 26.4 Å². The van der Waals surface area contributed by atoms with Gasteiger partial charge in [0.25, 0.3) is 0 Å². The highest BCUT2D eigenvalue weighted by atomic mass is 28.3. The Morgan fingerprint density at radius 3 is 2.29 bits per heavy atom. The third-order valence-electron chi connectivity index (χ3n) is 2.51. The van der Waals surface area contributed by atoms with Gasteiger partial charge in [0.1, 0.15) is 6.10 Å². The Labute approximate surface area is 106 Å². The van der Waals surface area contributed by atoms with Gasteiger partial charge in [0.05, 0.1) is 19.3 Å². The van der Waals surface area contributed by atoms with Crippen molar-refractivity contribution in [1.29, 1.82) is 0 Å². The van der Waals surface area contributed by atoms with Gasteiger partial charge in [-0.15, -0.1) is 0 Å². The van der Waals surface area contributed by atoms with Crippen LogP contribution in [0.4, 0.5) is 0 Å². The fourth-order valence-corrected chi connectivity index (χ4v) is 3.50. The van der Waals surface area contributed by atoms with Gasteiger partial charge in [0.15, 0.2) is 0 Å². The zero-order valence-electron chi connectivity index (χ0n) is 11.3. The van der Waals surface area contributed by atoms with Crippen LogP contribution in [0, 0.1) is 0 Å². The normalized spacial score (nSPS) is 20.8. The molecule has 0 bridgehead atoms. The van der Waals surface area contributed by atoms with E-state index in [4.69, 9.17) is 18.3 Å². The molecule has 0 spiro atoms. The van der Waals surface area contributed by atoms with Crippen LogP contribution >= 0.6 is 0 Å². The maximum atomic E-state index is 5.79. The van der Waals surface area contributed by atoms with E-state index in [1.54, 1.807) is 0 Å². The van der Waals surface area contributed by atoms with E-state index in [2.05, 4.69) is 20.8 Å². The summed E-state index contributed by atoms with van der Waals surface area (Å²) in [5.74, 6) is 0. The molecule has 2 atom stereocenters. The molecule has 102 valence electrons. The van der Waals surface area contributed by atoms with Crippen molar-refractivity contribution in [3.05, 3.63) is 0 Å². The van der Waals surface area contributed by atoms with Crippen LogP contribution in [-0.4, -0.2) is 47.9 Å². The molecule has 0 aromatic carbocycles. The Hall–Kier alpha value is 0.0569. The lowest BCUT2D eigenvalue weighted by atomic mass is 10.4. The number of rotatable bonds is 11. The summed E-state index contributed by atoms with van der Waals surface area (Å²) >= 11 is 0. The monoisotopic (exact) mass is 262 g/mol. The molecule has 0 amide bonds. The van der Waals surface area contributed by atoms with E-state index in [9.17, 15) is 0 Å². The average Bonchev–Trinajstić information content (AvgIpc) is 3.14. The van der Waals surface area contributed by atoms with Crippen molar-refractivity contribution < 1.29 is 18.3 Å². The molecule has 1 aliphatic heterocycles. The molecule has 4 nitrogen and oxygen atoms in total. The molecule has 2 unspecified atom stereocenters. The molecule has 5 heteroatoms. The quantitative estimate of drug-likeness (QED) is 0.421. The highest BCUT2D eigenvalue weighted by Gasteiger charge is 2.25. The van der Waals surface area contributed by atoms with Crippen molar-refractivity contribution in [2.24, 2.45) is 0 Å². The highest BCUT2D eigenvalue weighted by molar-refractivity contribution is 6.44. The van der Waals surface area contributed by atoms with E-state index in [0.717, 1.165) is 38.7 Å². The minimum Gasteiger partial charge on any atom is -0.396 e. The van der Waals surface area contributed by atoms with Gasteiger partial charge in [-0.1, -0.05) is 13.8 Å². The van der Waals surface area contributed by atoms with Crippen LogP contribution < -0.4 is 0 Å². The Morgan fingerprint density at radius 2 is 1.82 bits per heavy atom. The summed E-state index contributed by atoms with van der Waals surface area (Å²) in [5, 5.41) is 0. The molecule has 17 heavy (non-hydrogen) atoms. The van der Waals surface area contributed by atoms with E-state index in [0.29, 0.717) is 12.7 Å². The smallest absolute Gasteiger partial charge is 0.324 e. The van der Waals surface area contributed by atoms with E-state index < -0.39 is 9.28 Å².